The number of carbonyl (C=O) groups excluding carboxylic acids is 2. The lowest BCUT2D eigenvalue weighted by Gasteiger charge is -2.10. The van der Waals surface area contributed by atoms with E-state index < -0.39 is 5.82 Å². The second-order valence-electron chi connectivity index (χ2n) is 6.16. The molecule has 1 heterocycles. The number of nitrogens with one attached hydrogen (secondary N) is 4. The Labute approximate surface area is 166 Å². The minimum Gasteiger partial charge on any atom is -0.338 e. The Balaban J connectivity index is 1.71. The van der Waals surface area contributed by atoms with Crippen molar-refractivity contribution in [3.63, 3.8) is 0 Å². The van der Waals surface area contributed by atoms with Crippen molar-refractivity contribution < 1.29 is 14.0 Å². The van der Waals surface area contributed by atoms with Crippen molar-refractivity contribution in [1.82, 2.24) is 9.97 Å². The van der Waals surface area contributed by atoms with Crippen LogP contribution in [0.15, 0.2) is 54.7 Å². The van der Waals surface area contributed by atoms with Crippen LogP contribution in [-0.2, 0) is 9.59 Å². The standard InChI is InChI=1S/C20H19FN6O2/c1-12(28)23-14-3-7-16(8-4-14)25-19-18(21)11-22-20(27-19)26-17-9-5-15(6-10-17)24-13(2)29/h3-11H,1-2H3,(H,23,28)(H,24,29)(H2,22,25,26,27). The van der Waals surface area contributed by atoms with Gasteiger partial charge in [0.25, 0.3) is 0 Å². The van der Waals surface area contributed by atoms with Gasteiger partial charge in [0, 0.05) is 36.6 Å². The fraction of sp³-hybridized carbons (Fsp3) is 0.100. The highest BCUT2D eigenvalue weighted by Crippen LogP contribution is 2.22. The number of hydrogen-bond donors (Lipinski definition) is 4. The van der Waals surface area contributed by atoms with E-state index in [1.165, 1.54) is 13.8 Å². The van der Waals surface area contributed by atoms with E-state index in [9.17, 15) is 14.0 Å². The molecule has 1 aromatic heterocycles. The van der Waals surface area contributed by atoms with Crippen LogP contribution in [0.1, 0.15) is 13.8 Å². The number of hydrogen-bond acceptors (Lipinski definition) is 6. The molecule has 0 saturated heterocycles. The maximum absolute atomic E-state index is 14.1. The average Bonchev–Trinajstić information content (AvgIpc) is 2.67. The molecule has 9 heteroatoms. The summed E-state index contributed by atoms with van der Waals surface area (Å²) < 4.78 is 14.1. The molecule has 0 saturated carbocycles. The van der Waals surface area contributed by atoms with Crippen LogP contribution >= 0.6 is 0 Å². The summed E-state index contributed by atoms with van der Waals surface area (Å²) in [5.74, 6) is -0.732. The van der Waals surface area contributed by atoms with Crippen LogP contribution in [0, 0.1) is 5.82 Å². The van der Waals surface area contributed by atoms with Crippen LogP contribution in [0.25, 0.3) is 0 Å². The number of benzene rings is 2. The predicted molar refractivity (Wildman–Crippen MR) is 110 cm³/mol. The van der Waals surface area contributed by atoms with E-state index in [4.69, 9.17) is 0 Å². The number of amides is 2. The second-order valence-corrected chi connectivity index (χ2v) is 6.16. The lowest BCUT2D eigenvalue weighted by molar-refractivity contribution is -0.115. The summed E-state index contributed by atoms with van der Waals surface area (Å²) in [6.07, 6.45) is 1.06. The Morgan fingerprint density at radius 1 is 0.759 bits per heavy atom. The van der Waals surface area contributed by atoms with Crippen molar-refractivity contribution in [2.45, 2.75) is 13.8 Å². The van der Waals surface area contributed by atoms with Crippen LogP contribution < -0.4 is 21.3 Å². The zero-order valence-corrected chi connectivity index (χ0v) is 15.8. The van der Waals surface area contributed by atoms with Crippen LogP contribution in [0.4, 0.5) is 38.9 Å². The fourth-order valence-corrected chi connectivity index (χ4v) is 2.46. The van der Waals surface area contributed by atoms with E-state index in [1.54, 1.807) is 48.5 Å². The lowest BCUT2D eigenvalue weighted by atomic mass is 10.2. The smallest absolute Gasteiger partial charge is 0.229 e. The number of anilines is 6. The van der Waals surface area contributed by atoms with Crippen molar-refractivity contribution in [3.8, 4) is 0 Å². The van der Waals surface area contributed by atoms with Gasteiger partial charge in [-0.1, -0.05) is 0 Å². The average molecular weight is 394 g/mol. The molecule has 0 atom stereocenters. The van der Waals surface area contributed by atoms with Gasteiger partial charge in [-0.2, -0.15) is 4.98 Å². The molecule has 0 aliphatic heterocycles. The van der Waals surface area contributed by atoms with Gasteiger partial charge in [-0.25, -0.2) is 9.37 Å². The van der Waals surface area contributed by atoms with E-state index in [1.807, 2.05) is 0 Å². The normalized spacial score (nSPS) is 10.2. The summed E-state index contributed by atoms with van der Waals surface area (Å²) in [5, 5.41) is 11.2. The summed E-state index contributed by atoms with van der Waals surface area (Å²) in [7, 11) is 0. The second kappa shape index (κ2) is 8.79. The Kier molecular flexibility index (Phi) is 5.98. The lowest BCUT2D eigenvalue weighted by Crippen LogP contribution is -2.06. The molecule has 0 spiro atoms. The van der Waals surface area contributed by atoms with Crippen LogP contribution in [0.2, 0.25) is 0 Å². The molecule has 3 aromatic rings. The summed E-state index contributed by atoms with van der Waals surface area (Å²) in [5.41, 5.74) is 2.57. The predicted octanol–water partition coefficient (Wildman–Crippen LogP) is 4.02. The molecular weight excluding hydrogens is 375 g/mol. The first-order valence-corrected chi connectivity index (χ1v) is 8.71. The van der Waals surface area contributed by atoms with Gasteiger partial charge in [0.15, 0.2) is 11.6 Å². The molecule has 8 nitrogen and oxygen atoms in total. The van der Waals surface area contributed by atoms with Gasteiger partial charge in [0.1, 0.15) is 0 Å². The molecular formula is C20H19FN6O2. The van der Waals surface area contributed by atoms with E-state index in [-0.39, 0.29) is 23.6 Å². The monoisotopic (exact) mass is 394 g/mol. The van der Waals surface area contributed by atoms with Crippen molar-refractivity contribution in [3.05, 3.63) is 60.5 Å². The van der Waals surface area contributed by atoms with Crippen molar-refractivity contribution >= 4 is 46.3 Å². The molecule has 0 unspecified atom stereocenters. The van der Waals surface area contributed by atoms with Gasteiger partial charge in [0.2, 0.25) is 17.8 Å². The Bertz CT molecular complexity index is 1020. The first-order chi connectivity index (χ1) is 13.9. The summed E-state index contributed by atoms with van der Waals surface area (Å²) in [6, 6.07) is 13.7. The Hall–Kier alpha value is -4.01. The Morgan fingerprint density at radius 2 is 1.21 bits per heavy atom. The first-order valence-electron chi connectivity index (χ1n) is 8.71. The van der Waals surface area contributed by atoms with Gasteiger partial charge in [-0.15, -0.1) is 0 Å². The van der Waals surface area contributed by atoms with Gasteiger partial charge in [0.05, 0.1) is 6.20 Å². The highest BCUT2D eigenvalue weighted by Gasteiger charge is 2.08. The van der Waals surface area contributed by atoms with Gasteiger partial charge >= 0.3 is 0 Å². The molecule has 29 heavy (non-hydrogen) atoms. The van der Waals surface area contributed by atoms with Crippen molar-refractivity contribution in [1.29, 1.82) is 0 Å². The zero-order valence-electron chi connectivity index (χ0n) is 15.8. The number of carbonyl (C=O) groups is 2. The van der Waals surface area contributed by atoms with Crippen molar-refractivity contribution in [2.75, 3.05) is 21.3 Å². The number of aromatic nitrogens is 2. The third kappa shape index (κ3) is 5.73. The van der Waals surface area contributed by atoms with Gasteiger partial charge in [-0.3, -0.25) is 9.59 Å². The molecule has 2 amide bonds. The quantitative estimate of drug-likeness (QED) is 0.503. The summed E-state index contributed by atoms with van der Waals surface area (Å²) >= 11 is 0. The maximum Gasteiger partial charge on any atom is 0.229 e. The first kappa shape index (κ1) is 19.7. The molecule has 0 aliphatic carbocycles. The van der Waals surface area contributed by atoms with Crippen molar-refractivity contribution in [2.24, 2.45) is 0 Å². The molecule has 3 rings (SSSR count). The van der Waals surface area contributed by atoms with E-state index in [2.05, 4.69) is 31.2 Å². The SMILES string of the molecule is CC(=O)Nc1ccc(Nc2ncc(F)c(Nc3ccc(NC(C)=O)cc3)n2)cc1. The third-order valence-corrected chi connectivity index (χ3v) is 3.67. The Morgan fingerprint density at radius 3 is 1.69 bits per heavy atom. The molecule has 0 aliphatic rings. The van der Waals surface area contributed by atoms with E-state index in [0.717, 1.165) is 6.20 Å². The molecule has 4 N–H and O–H groups in total. The zero-order chi connectivity index (χ0) is 20.8. The molecule has 148 valence electrons. The number of nitrogens with zero attached hydrogens (tertiary/aromatic N) is 2. The van der Waals surface area contributed by atoms with E-state index in [0.29, 0.717) is 22.7 Å². The largest absolute Gasteiger partial charge is 0.338 e. The topological polar surface area (TPSA) is 108 Å². The fourth-order valence-electron chi connectivity index (χ4n) is 2.46. The molecule has 2 aromatic carbocycles. The summed E-state index contributed by atoms with van der Waals surface area (Å²) in [6.45, 7) is 2.85. The molecule has 0 radical (unpaired) electrons. The highest BCUT2D eigenvalue weighted by atomic mass is 19.1. The molecule has 0 fully saturated rings. The number of rotatable bonds is 6. The highest BCUT2D eigenvalue weighted by molar-refractivity contribution is 5.89. The summed E-state index contributed by atoms with van der Waals surface area (Å²) in [4.78, 5) is 30.2. The molecule has 0 bridgehead atoms. The van der Waals surface area contributed by atoms with Crippen LogP contribution in [-0.4, -0.2) is 21.8 Å². The minimum atomic E-state index is -0.609. The van der Waals surface area contributed by atoms with Crippen LogP contribution in [0.3, 0.4) is 0 Å². The minimum absolute atomic E-state index is 0.00430. The van der Waals surface area contributed by atoms with Gasteiger partial charge < -0.3 is 21.3 Å². The third-order valence-electron chi connectivity index (χ3n) is 3.67. The number of halogens is 1. The maximum atomic E-state index is 14.1. The van der Waals surface area contributed by atoms with E-state index >= 15 is 0 Å². The van der Waals surface area contributed by atoms with Gasteiger partial charge in [-0.05, 0) is 48.5 Å². The van der Waals surface area contributed by atoms with Crippen LogP contribution in [0.5, 0.6) is 0 Å².